The molecule has 6 nitrogen and oxygen atoms in total. The third-order valence-corrected chi connectivity index (χ3v) is 5.23. The quantitative estimate of drug-likeness (QED) is 0.908. The molecule has 2 heterocycles. The predicted octanol–water partition coefficient (Wildman–Crippen LogP) is 1.86. The zero-order valence-electron chi connectivity index (χ0n) is 14.3. The summed E-state index contributed by atoms with van der Waals surface area (Å²) in [5.41, 5.74) is 0.674. The van der Waals surface area contributed by atoms with E-state index in [0.29, 0.717) is 51.0 Å². The molecule has 1 N–H and O–H groups in total. The number of piperidine rings is 2. The maximum Gasteiger partial charge on any atom is 0.308 e. The Balaban J connectivity index is 1.54. The lowest BCUT2D eigenvalue weighted by Gasteiger charge is -2.37. The topological polar surface area (TPSA) is 77.9 Å². The van der Waals surface area contributed by atoms with Crippen LogP contribution >= 0.6 is 0 Å². The van der Waals surface area contributed by atoms with Gasteiger partial charge in [0.1, 0.15) is 0 Å². The molecule has 0 spiro atoms. The third-order valence-electron chi connectivity index (χ3n) is 5.23. The lowest BCUT2D eigenvalue weighted by Crippen LogP contribution is -2.48. The zero-order valence-corrected chi connectivity index (χ0v) is 14.3. The van der Waals surface area contributed by atoms with Crippen molar-refractivity contribution < 1.29 is 19.5 Å². The lowest BCUT2D eigenvalue weighted by molar-refractivity contribution is -0.147. The van der Waals surface area contributed by atoms with Crippen LogP contribution in [0.2, 0.25) is 0 Å². The smallest absolute Gasteiger partial charge is 0.308 e. The highest BCUT2D eigenvalue weighted by Gasteiger charge is 2.34. The van der Waals surface area contributed by atoms with Crippen LogP contribution in [0, 0.1) is 11.8 Å². The third kappa shape index (κ3) is 4.00. The van der Waals surface area contributed by atoms with Crippen LogP contribution in [-0.2, 0) is 9.59 Å². The Labute approximate surface area is 147 Å². The highest BCUT2D eigenvalue weighted by molar-refractivity contribution is 5.94. The molecule has 134 valence electrons. The van der Waals surface area contributed by atoms with Gasteiger partial charge in [0.15, 0.2) is 0 Å². The zero-order chi connectivity index (χ0) is 17.8. The van der Waals surface area contributed by atoms with Crippen molar-refractivity contribution in [2.75, 3.05) is 26.2 Å². The number of aliphatic carboxylic acids is 1. The van der Waals surface area contributed by atoms with E-state index in [1.54, 1.807) is 21.9 Å². The van der Waals surface area contributed by atoms with Gasteiger partial charge in [-0.1, -0.05) is 18.2 Å². The number of carboxylic acids is 1. The second-order valence-electron chi connectivity index (χ2n) is 6.89. The maximum atomic E-state index is 12.7. The molecule has 25 heavy (non-hydrogen) atoms. The highest BCUT2D eigenvalue weighted by atomic mass is 16.4. The fourth-order valence-electron chi connectivity index (χ4n) is 3.73. The minimum absolute atomic E-state index is 0.00964. The van der Waals surface area contributed by atoms with Crippen molar-refractivity contribution in [3.05, 3.63) is 35.9 Å². The van der Waals surface area contributed by atoms with Crippen LogP contribution in [0.5, 0.6) is 0 Å². The molecule has 0 aromatic heterocycles. The van der Waals surface area contributed by atoms with Crippen molar-refractivity contribution in [1.82, 2.24) is 9.80 Å². The summed E-state index contributed by atoms with van der Waals surface area (Å²) in [6.45, 7) is 2.10. The van der Waals surface area contributed by atoms with Crippen molar-refractivity contribution in [3.8, 4) is 0 Å². The number of nitrogens with zero attached hydrogens (tertiary/aromatic N) is 2. The van der Waals surface area contributed by atoms with Gasteiger partial charge in [-0.3, -0.25) is 14.4 Å². The molecule has 0 radical (unpaired) electrons. The van der Waals surface area contributed by atoms with Gasteiger partial charge in [-0.15, -0.1) is 0 Å². The molecular formula is C19H24N2O4. The van der Waals surface area contributed by atoms with Gasteiger partial charge in [0.05, 0.1) is 5.92 Å². The van der Waals surface area contributed by atoms with E-state index in [9.17, 15) is 19.5 Å². The van der Waals surface area contributed by atoms with E-state index >= 15 is 0 Å². The number of hydrogen-bond acceptors (Lipinski definition) is 3. The number of carboxylic acid groups (broad SMARTS) is 1. The molecular weight excluding hydrogens is 320 g/mol. The normalized spacial score (nSPS) is 21.8. The minimum atomic E-state index is -0.819. The first-order valence-electron chi connectivity index (χ1n) is 8.92. The molecule has 2 fully saturated rings. The Bertz CT molecular complexity index is 638. The van der Waals surface area contributed by atoms with Crippen LogP contribution < -0.4 is 0 Å². The van der Waals surface area contributed by atoms with Gasteiger partial charge in [-0.2, -0.15) is 0 Å². The molecule has 1 aromatic carbocycles. The molecule has 1 atom stereocenters. The summed E-state index contributed by atoms with van der Waals surface area (Å²) >= 11 is 0. The Kier molecular flexibility index (Phi) is 5.36. The number of hydrogen-bond donors (Lipinski definition) is 1. The summed E-state index contributed by atoms with van der Waals surface area (Å²) in [6.07, 6.45) is 2.68. The minimum Gasteiger partial charge on any atom is -0.481 e. The number of likely N-dealkylation sites (tertiary alicyclic amines) is 2. The summed E-state index contributed by atoms with van der Waals surface area (Å²) in [5.74, 6) is -1.31. The fraction of sp³-hybridized carbons (Fsp3) is 0.526. The summed E-state index contributed by atoms with van der Waals surface area (Å²) in [4.78, 5) is 39.8. The molecule has 6 heteroatoms. The fourth-order valence-corrected chi connectivity index (χ4v) is 3.73. The van der Waals surface area contributed by atoms with Crippen LogP contribution in [-0.4, -0.2) is 58.9 Å². The van der Waals surface area contributed by atoms with E-state index in [4.69, 9.17) is 0 Å². The second-order valence-corrected chi connectivity index (χ2v) is 6.89. The Morgan fingerprint density at radius 1 is 0.880 bits per heavy atom. The molecule has 0 unspecified atom stereocenters. The lowest BCUT2D eigenvalue weighted by atomic mass is 9.92. The van der Waals surface area contributed by atoms with Gasteiger partial charge in [0.2, 0.25) is 5.91 Å². The van der Waals surface area contributed by atoms with E-state index < -0.39 is 11.9 Å². The predicted molar refractivity (Wildman–Crippen MR) is 92.0 cm³/mol. The molecule has 3 rings (SSSR count). The van der Waals surface area contributed by atoms with Crippen molar-refractivity contribution in [3.63, 3.8) is 0 Å². The first-order chi connectivity index (χ1) is 12.1. The van der Waals surface area contributed by atoms with Crippen LogP contribution in [0.15, 0.2) is 30.3 Å². The Hall–Kier alpha value is -2.37. The van der Waals surface area contributed by atoms with Gasteiger partial charge in [-0.05, 0) is 37.8 Å². The van der Waals surface area contributed by atoms with Crippen molar-refractivity contribution in [2.45, 2.75) is 25.7 Å². The summed E-state index contributed by atoms with van der Waals surface area (Å²) in [6, 6.07) is 9.18. The van der Waals surface area contributed by atoms with E-state index in [2.05, 4.69) is 0 Å². The first kappa shape index (κ1) is 17.5. The van der Waals surface area contributed by atoms with Gasteiger partial charge < -0.3 is 14.9 Å². The van der Waals surface area contributed by atoms with Crippen molar-refractivity contribution in [2.24, 2.45) is 11.8 Å². The highest BCUT2D eigenvalue weighted by Crippen LogP contribution is 2.24. The Morgan fingerprint density at radius 2 is 1.56 bits per heavy atom. The van der Waals surface area contributed by atoms with Gasteiger partial charge in [-0.25, -0.2) is 0 Å². The SMILES string of the molecule is O=C(O)[C@@H]1CCCN(C(=O)C2CCN(C(=O)c3ccccc3)CC2)C1. The second kappa shape index (κ2) is 7.68. The van der Waals surface area contributed by atoms with Gasteiger partial charge in [0, 0.05) is 37.7 Å². The van der Waals surface area contributed by atoms with Crippen molar-refractivity contribution in [1.29, 1.82) is 0 Å². The van der Waals surface area contributed by atoms with Crippen LogP contribution in [0.3, 0.4) is 0 Å². The van der Waals surface area contributed by atoms with E-state index in [1.807, 2.05) is 18.2 Å². The first-order valence-corrected chi connectivity index (χ1v) is 8.92. The van der Waals surface area contributed by atoms with Crippen LogP contribution in [0.25, 0.3) is 0 Å². The van der Waals surface area contributed by atoms with Crippen LogP contribution in [0.4, 0.5) is 0 Å². The molecule has 2 saturated heterocycles. The van der Waals surface area contributed by atoms with E-state index in [0.717, 1.165) is 6.42 Å². The summed E-state index contributed by atoms with van der Waals surface area (Å²) in [5, 5.41) is 9.17. The molecule has 2 amide bonds. The maximum absolute atomic E-state index is 12.7. The number of rotatable bonds is 3. The molecule has 0 aliphatic carbocycles. The van der Waals surface area contributed by atoms with E-state index in [-0.39, 0.29) is 17.7 Å². The average Bonchev–Trinajstić information content (AvgIpc) is 2.67. The molecule has 2 aliphatic heterocycles. The molecule has 0 saturated carbocycles. The standard InChI is InChI=1S/C19H24N2O4/c22-17(14-5-2-1-3-6-14)20-11-8-15(9-12-20)18(23)21-10-4-7-16(13-21)19(24)25/h1-3,5-6,15-16H,4,7-13H2,(H,24,25)/t16-/m1/s1. The van der Waals surface area contributed by atoms with Crippen molar-refractivity contribution >= 4 is 17.8 Å². The van der Waals surface area contributed by atoms with Gasteiger partial charge >= 0.3 is 5.97 Å². The number of carbonyl (C=O) groups is 3. The number of benzene rings is 1. The molecule has 1 aromatic rings. The number of amides is 2. The molecule has 2 aliphatic rings. The Morgan fingerprint density at radius 3 is 2.20 bits per heavy atom. The van der Waals surface area contributed by atoms with E-state index in [1.165, 1.54) is 0 Å². The summed E-state index contributed by atoms with van der Waals surface area (Å²) in [7, 11) is 0. The van der Waals surface area contributed by atoms with Gasteiger partial charge in [0.25, 0.3) is 5.91 Å². The number of carbonyl (C=O) groups excluding carboxylic acids is 2. The largest absolute Gasteiger partial charge is 0.481 e. The average molecular weight is 344 g/mol. The van der Waals surface area contributed by atoms with Crippen LogP contribution in [0.1, 0.15) is 36.0 Å². The summed E-state index contributed by atoms with van der Waals surface area (Å²) < 4.78 is 0. The molecule has 0 bridgehead atoms. The monoisotopic (exact) mass is 344 g/mol.